The number of nitrogens with zero attached hydrogens (tertiary/aromatic N) is 1. The molecule has 0 aliphatic carbocycles. The zero-order valence-electron chi connectivity index (χ0n) is 10.3. The number of nitrogens with two attached hydrogens (primary N) is 1. The van der Waals surface area contributed by atoms with Crippen LogP contribution in [0, 0.1) is 13.8 Å². The Kier molecular flexibility index (Phi) is 4.78. The van der Waals surface area contributed by atoms with Crippen molar-refractivity contribution in [1.82, 2.24) is 5.01 Å². The van der Waals surface area contributed by atoms with Crippen molar-refractivity contribution in [1.29, 1.82) is 0 Å². The molecule has 0 bridgehead atoms. The van der Waals surface area contributed by atoms with E-state index in [1.807, 2.05) is 26.0 Å². The highest BCUT2D eigenvalue weighted by atomic mass is 35.5. The third-order valence-electron chi connectivity index (χ3n) is 2.39. The van der Waals surface area contributed by atoms with Gasteiger partial charge < -0.3 is 4.74 Å². The number of hydrazine groups is 1. The van der Waals surface area contributed by atoms with Gasteiger partial charge in [0.25, 0.3) is 0 Å². The standard InChI is InChI=1S/C12H17ClN2O2/c1-8-6-10(7-9(2)12(8)13)17-5-4-11(16)15(3)14/h6-7H,4-5,14H2,1-3H3. The quantitative estimate of drug-likeness (QED) is 0.510. The van der Waals surface area contributed by atoms with Gasteiger partial charge in [-0.1, -0.05) is 11.6 Å². The van der Waals surface area contributed by atoms with Crippen molar-refractivity contribution < 1.29 is 9.53 Å². The minimum absolute atomic E-state index is 0.160. The highest BCUT2D eigenvalue weighted by Gasteiger charge is 2.06. The molecular weight excluding hydrogens is 240 g/mol. The second-order valence-electron chi connectivity index (χ2n) is 3.97. The van der Waals surface area contributed by atoms with Crippen molar-refractivity contribution in [3.8, 4) is 5.75 Å². The van der Waals surface area contributed by atoms with Crippen molar-refractivity contribution >= 4 is 17.5 Å². The first-order valence-corrected chi connectivity index (χ1v) is 5.70. The average Bonchev–Trinajstić information content (AvgIpc) is 2.25. The highest BCUT2D eigenvalue weighted by molar-refractivity contribution is 6.32. The number of aryl methyl sites for hydroxylation is 2. The summed E-state index contributed by atoms with van der Waals surface area (Å²) >= 11 is 6.04. The molecule has 17 heavy (non-hydrogen) atoms. The molecule has 0 saturated carbocycles. The summed E-state index contributed by atoms with van der Waals surface area (Å²) in [7, 11) is 1.51. The summed E-state index contributed by atoms with van der Waals surface area (Å²) in [6, 6.07) is 3.71. The highest BCUT2D eigenvalue weighted by Crippen LogP contribution is 2.25. The summed E-state index contributed by atoms with van der Waals surface area (Å²) in [6.07, 6.45) is 0.258. The Balaban J connectivity index is 2.56. The van der Waals surface area contributed by atoms with Crippen molar-refractivity contribution in [3.05, 3.63) is 28.3 Å². The molecule has 0 fully saturated rings. The molecule has 0 heterocycles. The van der Waals surface area contributed by atoms with E-state index in [-0.39, 0.29) is 12.3 Å². The lowest BCUT2D eigenvalue weighted by Crippen LogP contribution is -2.33. The molecule has 0 unspecified atom stereocenters. The smallest absolute Gasteiger partial charge is 0.239 e. The number of carbonyl (C=O) groups is 1. The molecule has 5 heteroatoms. The van der Waals surface area contributed by atoms with Crippen LogP contribution < -0.4 is 10.6 Å². The lowest BCUT2D eigenvalue weighted by molar-refractivity contribution is -0.130. The largest absolute Gasteiger partial charge is 0.493 e. The SMILES string of the molecule is Cc1cc(OCCC(=O)N(C)N)cc(C)c1Cl. The van der Waals surface area contributed by atoms with Gasteiger partial charge in [0.15, 0.2) is 0 Å². The zero-order chi connectivity index (χ0) is 13.0. The predicted molar refractivity (Wildman–Crippen MR) is 68.0 cm³/mol. The van der Waals surface area contributed by atoms with Gasteiger partial charge in [0.2, 0.25) is 5.91 Å². The molecule has 0 atom stereocenters. The van der Waals surface area contributed by atoms with Gasteiger partial charge in [0.05, 0.1) is 13.0 Å². The van der Waals surface area contributed by atoms with E-state index < -0.39 is 0 Å². The van der Waals surface area contributed by atoms with Gasteiger partial charge >= 0.3 is 0 Å². The monoisotopic (exact) mass is 256 g/mol. The number of rotatable bonds is 4. The van der Waals surface area contributed by atoms with E-state index in [1.54, 1.807) is 0 Å². The minimum Gasteiger partial charge on any atom is -0.493 e. The van der Waals surface area contributed by atoms with Crippen LogP contribution in [-0.4, -0.2) is 24.6 Å². The van der Waals surface area contributed by atoms with Crippen LogP contribution >= 0.6 is 11.6 Å². The van der Waals surface area contributed by atoms with E-state index in [4.69, 9.17) is 22.2 Å². The molecule has 1 amide bonds. The normalized spacial score (nSPS) is 10.2. The summed E-state index contributed by atoms with van der Waals surface area (Å²) in [6.45, 7) is 4.14. The van der Waals surface area contributed by atoms with Crippen molar-refractivity contribution in [2.75, 3.05) is 13.7 Å². The predicted octanol–water partition coefficient (Wildman–Crippen LogP) is 2.06. The van der Waals surface area contributed by atoms with Gasteiger partial charge in [-0.15, -0.1) is 0 Å². The minimum atomic E-state index is -0.160. The van der Waals surface area contributed by atoms with Gasteiger partial charge in [-0.05, 0) is 37.1 Å². The van der Waals surface area contributed by atoms with Crippen LogP contribution in [0.5, 0.6) is 5.75 Å². The Hall–Kier alpha value is -1.26. The van der Waals surface area contributed by atoms with Gasteiger partial charge in [-0.3, -0.25) is 9.80 Å². The Labute approximate surface area is 106 Å². The second kappa shape index (κ2) is 5.89. The Morgan fingerprint density at radius 3 is 2.41 bits per heavy atom. The summed E-state index contributed by atoms with van der Waals surface area (Å²) in [5, 5.41) is 1.80. The van der Waals surface area contributed by atoms with Crippen LogP contribution in [-0.2, 0) is 4.79 Å². The number of benzene rings is 1. The van der Waals surface area contributed by atoms with Gasteiger partial charge in [-0.25, -0.2) is 5.84 Å². The van der Waals surface area contributed by atoms with E-state index in [0.29, 0.717) is 6.61 Å². The van der Waals surface area contributed by atoms with Crippen LogP contribution in [0.2, 0.25) is 5.02 Å². The van der Waals surface area contributed by atoms with Crippen LogP contribution in [0.1, 0.15) is 17.5 Å². The number of carbonyl (C=O) groups excluding carboxylic acids is 1. The molecule has 0 spiro atoms. The average molecular weight is 257 g/mol. The molecule has 4 nitrogen and oxygen atoms in total. The number of hydrogen-bond donors (Lipinski definition) is 1. The molecule has 0 aromatic heterocycles. The maximum atomic E-state index is 11.2. The lowest BCUT2D eigenvalue weighted by Gasteiger charge is -2.12. The molecule has 0 aliphatic heterocycles. The Morgan fingerprint density at radius 1 is 1.41 bits per heavy atom. The lowest BCUT2D eigenvalue weighted by atomic mass is 10.1. The third kappa shape index (κ3) is 3.91. The van der Waals surface area contributed by atoms with Crippen LogP contribution in [0.15, 0.2) is 12.1 Å². The van der Waals surface area contributed by atoms with Crippen LogP contribution in [0.25, 0.3) is 0 Å². The first-order chi connectivity index (χ1) is 7.91. The van der Waals surface area contributed by atoms with E-state index in [0.717, 1.165) is 26.9 Å². The van der Waals surface area contributed by atoms with Crippen LogP contribution in [0.4, 0.5) is 0 Å². The van der Waals surface area contributed by atoms with Gasteiger partial charge in [-0.2, -0.15) is 0 Å². The van der Waals surface area contributed by atoms with Crippen molar-refractivity contribution in [2.24, 2.45) is 5.84 Å². The molecule has 0 radical (unpaired) electrons. The molecular formula is C12H17ClN2O2. The van der Waals surface area contributed by atoms with Crippen molar-refractivity contribution in [3.63, 3.8) is 0 Å². The van der Waals surface area contributed by atoms with Crippen LogP contribution in [0.3, 0.4) is 0 Å². The number of hydrogen-bond acceptors (Lipinski definition) is 3. The summed E-state index contributed by atoms with van der Waals surface area (Å²) in [5.41, 5.74) is 1.92. The van der Waals surface area contributed by atoms with E-state index in [2.05, 4.69) is 0 Å². The fourth-order valence-corrected chi connectivity index (χ4v) is 1.53. The fraction of sp³-hybridized carbons (Fsp3) is 0.417. The van der Waals surface area contributed by atoms with Gasteiger partial charge in [0.1, 0.15) is 5.75 Å². The maximum Gasteiger partial charge on any atom is 0.239 e. The number of ether oxygens (including phenoxy) is 1. The fourth-order valence-electron chi connectivity index (χ4n) is 1.42. The summed E-state index contributed by atoms with van der Waals surface area (Å²) in [5.74, 6) is 5.85. The first-order valence-electron chi connectivity index (χ1n) is 5.32. The summed E-state index contributed by atoms with van der Waals surface area (Å²) in [4.78, 5) is 11.2. The first kappa shape index (κ1) is 13.8. The molecule has 94 valence electrons. The van der Waals surface area contributed by atoms with E-state index in [9.17, 15) is 4.79 Å². The molecule has 1 rings (SSSR count). The number of amides is 1. The molecule has 0 saturated heterocycles. The molecule has 0 aliphatic rings. The topological polar surface area (TPSA) is 55.6 Å². The Bertz CT molecular complexity index is 396. The Morgan fingerprint density at radius 2 is 1.94 bits per heavy atom. The molecule has 1 aromatic rings. The summed E-state index contributed by atoms with van der Waals surface area (Å²) < 4.78 is 5.48. The third-order valence-corrected chi connectivity index (χ3v) is 2.98. The number of halogens is 1. The van der Waals surface area contributed by atoms with Crippen molar-refractivity contribution in [2.45, 2.75) is 20.3 Å². The van der Waals surface area contributed by atoms with E-state index >= 15 is 0 Å². The van der Waals surface area contributed by atoms with E-state index in [1.165, 1.54) is 7.05 Å². The maximum absolute atomic E-state index is 11.2. The molecule has 1 aromatic carbocycles. The second-order valence-corrected chi connectivity index (χ2v) is 4.35. The zero-order valence-corrected chi connectivity index (χ0v) is 11.0. The van der Waals surface area contributed by atoms with Gasteiger partial charge in [0, 0.05) is 12.1 Å². The molecule has 2 N–H and O–H groups in total.